The molecule has 1 aliphatic carbocycles. The highest BCUT2D eigenvalue weighted by Gasteiger charge is 2.45. The highest BCUT2D eigenvalue weighted by atomic mass is 16.5. The van der Waals surface area contributed by atoms with Gasteiger partial charge in [0.05, 0.1) is 24.6 Å². The molecule has 0 radical (unpaired) electrons. The van der Waals surface area contributed by atoms with Gasteiger partial charge in [0.1, 0.15) is 0 Å². The van der Waals surface area contributed by atoms with Crippen LogP contribution in [0.15, 0.2) is 73.1 Å². The number of nitrogens with one attached hydrogen (secondary N) is 1. The summed E-state index contributed by atoms with van der Waals surface area (Å²) in [5.74, 6) is 0. The van der Waals surface area contributed by atoms with Crippen molar-refractivity contribution in [3.8, 4) is 33.6 Å². The van der Waals surface area contributed by atoms with Gasteiger partial charge in [0.25, 0.3) is 0 Å². The number of aromatic nitrogens is 4. The number of aromatic amines is 1. The molecule has 0 amide bonds. The van der Waals surface area contributed by atoms with Crippen molar-refractivity contribution in [2.24, 2.45) is 0 Å². The minimum Gasteiger partial charge on any atom is -0.378 e. The lowest BCUT2D eigenvalue weighted by atomic mass is 9.87. The van der Waals surface area contributed by atoms with Crippen LogP contribution in [0.3, 0.4) is 0 Å². The normalized spacial score (nSPS) is 22.2. The number of hydrogen-bond donors (Lipinski definition) is 1. The molecule has 3 aromatic heterocycles. The number of fused-ring (bicyclic) bond motifs is 4. The molecule has 0 spiro atoms. The van der Waals surface area contributed by atoms with Gasteiger partial charge >= 0.3 is 0 Å². The summed E-state index contributed by atoms with van der Waals surface area (Å²) in [6, 6.07) is 24.0. The van der Waals surface area contributed by atoms with Crippen molar-refractivity contribution in [1.82, 2.24) is 25.1 Å². The largest absolute Gasteiger partial charge is 0.378 e. The fourth-order valence-corrected chi connectivity index (χ4v) is 7.39. The fourth-order valence-electron chi connectivity index (χ4n) is 7.39. The molecule has 2 saturated heterocycles. The Morgan fingerprint density at radius 3 is 2.41 bits per heavy atom. The number of nitrogens with zero attached hydrogens (tertiary/aromatic N) is 4. The molecular formula is C35H35N5O. The maximum atomic E-state index is 5.75. The van der Waals surface area contributed by atoms with Crippen LogP contribution in [0, 0.1) is 0 Å². The summed E-state index contributed by atoms with van der Waals surface area (Å²) in [6.45, 7) is 4.01. The summed E-state index contributed by atoms with van der Waals surface area (Å²) >= 11 is 0. The van der Waals surface area contributed by atoms with Crippen molar-refractivity contribution in [3.05, 3.63) is 89.7 Å². The van der Waals surface area contributed by atoms with Gasteiger partial charge in [-0.1, -0.05) is 55.5 Å². The van der Waals surface area contributed by atoms with E-state index in [1.54, 1.807) is 0 Å². The molecular weight excluding hydrogens is 506 g/mol. The van der Waals surface area contributed by atoms with Crippen LogP contribution in [-0.4, -0.2) is 56.4 Å². The zero-order valence-corrected chi connectivity index (χ0v) is 23.5. The summed E-state index contributed by atoms with van der Waals surface area (Å²) in [6.07, 6.45) is 10.9. The lowest BCUT2D eigenvalue weighted by molar-refractivity contribution is -0.148. The van der Waals surface area contributed by atoms with E-state index >= 15 is 0 Å². The number of ether oxygens (including phenoxy) is 1. The summed E-state index contributed by atoms with van der Waals surface area (Å²) in [5.41, 5.74) is 11.7. The summed E-state index contributed by atoms with van der Waals surface area (Å²) in [7, 11) is 0. The standard InChI is InChI=1S/C35H35N5O/c1-2-22-4-3-15-36-33(22)24-6-8-25(9-7-24)34-32-17-28(19-37-35(32)39-38-34)27-10-5-23-11-13-29(14-12-26(23)16-27)40-30-18-31(40)21-41-20-30/h3-10,15-17,19,29-31H,2,11-14,18,20-21H2,1H3,(H,37,38,39)/t29-,30?,31?/m0/s1. The van der Waals surface area contributed by atoms with Crippen molar-refractivity contribution in [2.45, 2.75) is 63.6 Å². The van der Waals surface area contributed by atoms with Gasteiger partial charge in [-0.3, -0.25) is 15.0 Å². The lowest BCUT2D eigenvalue weighted by Crippen LogP contribution is -2.66. The van der Waals surface area contributed by atoms with Gasteiger partial charge in [0.2, 0.25) is 0 Å². The van der Waals surface area contributed by atoms with E-state index in [1.807, 2.05) is 18.5 Å². The Morgan fingerprint density at radius 1 is 0.829 bits per heavy atom. The number of morpholine rings is 1. The maximum absolute atomic E-state index is 5.75. The van der Waals surface area contributed by atoms with Gasteiger partial charge in [-0.2, -0.15) is 5.10 Å². The average Bonchev–Trinajstić information content (AvgIpc) is 3.35. The second kappa shape index (κ2) is 10.2. The first-order valence-electron chi connectivity index (χ1n) is 15.1. The minimum atomic E-state index is 0.650. The second-order valence-corrected chi connectivity index (χ2v) is 11.9. The predicted octanol–water partition coefficient (Wildman–Crippen LogP) is 6.64. The van der Waals surface area contributed by atoms with Crippen LogP contribution in [-0.2, 0) is 24.0 Å². The molecule has 2 bridgehead atoms. The summed E-state index contributed by atoms with van der Waals surface area (Å²) < 4.78 is 5.75. The number of aryl methyl sites for hydroxylation is 3. The Bertz CT molecular complexity index is 1710. The van der Waals surface area contributed by atoms with Gasteiger partial charge in [-0.05, 0) is 72.9 Å². The number of rotatable bonds is 5. The van der Waals surface area contributed by atoms with E-state index in [0.717, 1.165) is 71.6 Å². The highest BCUT2D eigenvalue weighted by Crippen LogP contribution is 2.38. The Balaban J connectivity index is 1.06. The zero-order valence-electron chi connectivity index (χ0n) is 23.5. The van der Waals surface area contributed by atoms with Gasteiger partial charge in [-0.25, -0.2) is 4.98 Å². The third-order valence-corrected chi connectivity index (χ3v) is 9.59. The molecule has 2 aliphatic heterocycles. The van der Waals surface area contributed by atoms with Crippen LogP contribution in [0.2, 0.25) is 0 Å². The Morgan fingerprint density at radius 2 is 1.61 bits per heavy atom. The molecule has 2 aromatic carbocycles. The van der Waals surface area contributed by atoms with Crippen LogP contribution < -0.4 is 0 Å². The molecule has 5 aromatic rings. The number of hydrogen-bond acceptors (Lipinski definition) is 5. The molecule has 6 heteroatoms. The minimum absolute atomic E-state index is 0.650. The third kappa shape index (κ3) is 4.37. The average molecular weight is 542 g/mol. The SMILES string of the molecule is CCc1cccnc1-c1ccc(-c2[nH]nc3ncc(-c4ccc5c(c4)CC[C@@H](N4C6COCC4C6)CC5)cc23)cc1. The topological polar surface area (TPSA) is 66.9 Å². The molecule has 3 atom stereocenters. The quantitative estimate of drug-likeness (QED) is 0.253. The number of benzene rings is 2. The van der Waals surface area contributed by atoms with Crippen molar-refractivity contribution in [2.75, 3.05) is 13.2 Å². The zero-order chi connectivity index (χ0) is 27.3. The van der Waals surface area contributed by atoms with Gasteiger partial charge in [-0.15, -0.1) is 0 Å². The second-order valence-electron chi connectivity index (χ2n) is 11.9. The van der Waals surface area contributed by atoms with Crippen molar-refractivity contribution in [1.29, 1.82) is 0 Å². The first-order chi connectivity index (χ1) is 20.2. The maximum Gasteiger partial charge on any atom is 0.181 e. The van der Waals surface area contributed by atoms with E-state index in [2.05, 4.69) is 81.6 Å². The van der Waals surface area contributed by atoms with E-state index in [-0.39, 0.29) is 0 Å². The Labute approximate surface area is 240 Å². The van der Waals surface area contributed by atoms with Crippen molar-refractivity contribution >= 4 is 11.0 Å². The molecule has 6 nitrogen and oxygen atoms in total. The number of pyridine rings is 2. The molecule has 0 saturated carbocycles. The van der Waals surface area contributed by atoms with E-state index in [0.29, 0.717) is 18.1 Å². The van der Waals surface area contributed by atoms with Gasteiger partial charge in [0, 0.05) is 52.6 Å². The van der Waals surface area contributed by atoms with Crippen LogP contribution in [0.25, 0.3) is 44.7 Å². The summed E-state index contributed by atoms with van der Waals surface area (Å²) in [4.78, 5) is 12.2. The molecule has 206 valence electrons. The molecule has 2 unspecified atom stereocenters. The first-order valence-corrected chi connectivity index (χ1v) is 15.1. The van der Waals surface area contributed by atoms with Crippen LogP contribution >= 0.6 is 0 Å². The lowest BCUT2D eigenvalue weighted by Gasteiger charge is -2.56. The summed E-state index contributed by atoms with van der Waals surface area (Å²) in [5, 5.41) is 8.82. The van der Waals surface area contributed by atoms with Gasteiger partial charge < -0.3 is 4.74 Å². The van der Waals surface area contributed by atoms with Crippen molar-refractivity contribution < 1.29 is 4.74 Å². The molecule has 5 heterocycles. The van der Waals surface area contributed by atoms with E-state index in [4.69, 9.17) is 9.72 Å². The van der Waals surface area contributed by atoms with E-state index in [1.165, 1.54) is 41.5 Å². The highest BCUT2D eigenvalue weighted by molar-refractivity contribution is 5.93. The van der Waals surface area contributed by atoms with Crippen molar-refractivity contribution in [3.63, 3.8) is 0 Å². The smallest absolute Gasteiger partial charge is 0.181 e. The third-order valence-electron chi connectivity index (χ3n) is 9.59. The molecule has 41 heavy (non-hydrogen) atoms. The Kier molecular flexibility index (Phi) is 6.19. The molecule has 1 N–H and O–H groups in total. The van der Waals surface area contributed by atoms with E-state index < -0.39 is 0 Å². The monoisotopic (exact) mass is 541 g/mol. The molecule has 2 fully saturated rings. The molecule has 3 aliphatic rings. The van der Waals surface area contributed by atoms with Crippen LogP contribution in [0.4, 0.5) is 0 Å². The molecule has 8 rings (SSSR count). The van der Waals surface area contributed by atoms with Crippen LogP contribution in [0.5, 0.6) is 0 Å². The number of H-pyrrole nitrogens is 1. The van der Waals surface area contributed by atoms with Crippen LogP contribution in [0.1, 0.15) is 42.9 Å². The predicted molar refractivity (Wildman–Crippen MR) is 163 cm³/mol. The Hall–Kier alpha value is -3.87. The first kappa shape index (κ1) is 24.9. The van der Waals surface area contributed by atoms with E-state index in [9.17, 15) is 0 Å². The van der Waals surface area contributed by atoms with Gasteiger partial charge in [0.15, 0.2) is 5.65 Å². The fraction of sp³-hybridized carbons (Fsp3) is 0.343.